The molecule has 0 fully saturated rings. The van der Waals surface area contributed by atoms with Gasteiger partial charge in [0, 0.05) is 18.2 Å². The molecule has 0 heterocycles. The van der Waals surface area contributed by atoms with Crippen molar-refractivity contribution in [3.8, 4) is 5.75 Å². The van der Waals surface area contributed by atoms with Crippen LogP contribution in [0.4, 0.5) is 16.2 Å². The van der Waals surface area contributed by atoms with Gasteiger partial charge in [0.2, 0.25) is 5.91 Å². The molecule has 0 aliphatic heterocycles. The van der Waals surface area contributed by atoms with Crippen molar-refractivity contribution < 1.29 is 33.7 Å². The zero-order valence-electron chi connectivity index (χ0n) is 21.4. The lowest BCUT2D eigenvalue weighted by atomic mass is 10.0. The van der Waals surface area contributed by atoms with Crippen LogP contribution in [0.1, 0.15) is 28.9 Å². The van der Waals surface area contributed by atoms with Crippen LogP contribution in [0.3, 0.4) is 0 Å². The molecule has 3 amide bonds. The fraction of sp³-hybridized carbons (Fsp3) is 0.207. The number of carbonyl (C=O) groups excluding carboxylic acids is 3. The van der Waals surface area contributed by atoms with E-state index in [2.05, 4.69) is 10.6 Å². The van der Waals surface area contributed by atoms with E-state index in [0.29, 0.717) is 22.7 Å². The first-order chi connectivity index (χ1) is 18.9. The Kier molecular flexibility index (Phi) is 11.0. The number of carbonyl (C=O) groups is 3. The predicted molar refractivity (Wildman–Crippen MR) is 146 cm³/mol. The quantitative estimate of drug-likeness (QED) is 0.203. The molecule has 5 N–H and O–H groups in total. The summed E-state index contributed by atoms with van der Waals surface area (Å²) in [6, 6.07) is 21.7. The lowest BCUT2D eigenvalue weighted by Crippen LogP contribution is -2.35. The van der Waals surface area contributed by atoms with Crippen molar-refractivity contribution in [1.29, 1.82) is 0 Å². The molecule has 0 saturated carbocycles. The van der Waals surface area contributed by atoms with Gasteiger partial charge in [0.1, 0.15) is 18.5 Å². The molecule has 3 aromatic carbocycles. The number of nitrogen functional groups attached to an aromatic ring is 1. The van der Waals surface area contributed by atoms with Crippen molar-refractivity contribution in [2.75, 3.05) is 30.9 Å². The number of hydrogen-bond acceptors (Lipinski definition) is 8. The van der Waals surface area contributed by atoms with Crippen LogP contribution in [0.25, 0.3) is 0 Å². The number of aliphatic hydroxyl groups is 1. The largest absolute Gasteiger partial charge is 0.491 e. The van der Waals surface area contributed by atoms with Gasteiger partial charge < -0.3 is 30.4 Å². The molecule has 10 nitrogen and oxygen atoms in total. The fourth-order valence-electron chi connectivity index (χ4n) is 3.57. The minimum atomic E-state index is -1.07. The zero-order chi connectivity index (χ0) is 28.0. The normalized spacial score (nSPS) is 12.4. The molecule has 0 saturated heterocycles. The molecule has 0 radical (unpaired) electrons. The Balaban J connectivity index is 1.85. The molecular formula is C29H31N3O7. The van der Waals surface area contributed by atoms with Crippen LogP contribution in [0.15, 0.2) is 91.0 Å². The number of rotatable bonds is 12. The number of ether oxygens (including phenoxy) is 3. The summed E-state index contributed by atoms with van der Waals surface area (Å²) < 4.78 is 17.0. The van der Waals surface area contributed by atoms with E-state index in [0.717, 1.165) is 0 Å². The Morgan fingerprint density at radius 1 is 1.00 bits per heavy atom. The second-order valence-electron chi connectivity index (χ2n) is 8.15. The van der Waals surface area contributed by atoms with Gasteiger partial charge in [0.15, 0.2) is 6.10 Å². The summed E-state index contributed by atoms with van der Waals surface area (Å²) in [6.07, 6.45) is -0.287. The molecule has 0 aliphatic carbocycles. The van der Waals surface area contributed by atoms with Crippen LogP contribution in [-0.2, 0) is 14.3 Å². The topological polar surface area (TPSA) is 149 Å². The number of anilines is 2. The molecule has 3 aromatic rings. The SMILES string of the molecule is CCO[C@H](/C=C/C(=O)Nc1ccccc1N)[C@H](OC(=O)NC(=O)c1ccccc1)c1cccc(OCCO)c1. The summed E-state index contributed by atoms with van der Waals surface area (Å²) in [5.41, 5.74) is 7.50. The minimum Gasteiger partial charge on any atom is -0.491 e. The number of alkyl carbamates (subject to hydrolysis) is 1. The molecule has 0 spiro atoms. The van der Waals surface area contributed by atoms with Gasteiger partial charge in [-0.25, -0.2) is 4.79 Å². The van der Waals surface area contributed by atoms with Gasteiger partial charge in [-0.05, 0) is 55.0 Å². The van der Waals surface area contributed by atoms with E-state index in [1.807, 2.05) is 0 Å². The highest BCUT2D eigenvalue weighted by atomic mass is 16.6. The van der Waals surface area contributed by atoms with Gasteiger partial charge >= 0.3 is 6.09 Å². The second kappa shape index (κ2) is 14.9. The molecule has 0 bridgehead atoms. The van der Waals surface area contributed by atoms with E-state index in [4.69, 9.17) is 25.1 Å². The summed E-state index contributed by atoms with van der Waals surface area (Å²) in [5.74, 6) is -0.685. The third-order valence-electron chi connectivity index (χ3n) is 5.35. The summed E-state index contributed by atoms with van der Waals surface area (Å²) in [4.78, 5) is 37.9. The first-order valence-corrected chi connectivity index (χ1v) is 12.3. The number of para-hydroxylation sites is 2. The van der Waals surface area contributed by atoms with Crippen LogP contribution >= 0.6 is 0 Å². The van der Waals surface area contributed by atoms with Crippen molar-refractivity contribution in [2.24, 2.45) is 0 Å². The Morgan fingerprint density at radius 2 is 1.74 bits per heavy atom. The number of nitrogens with one attached hydrogen (secondary N) is 2. The Labute approximate surface area is 226 Å². The van der Waals surface area contributed by atoms with E-state index in [1.54, 1.807) is 85.8 Å². The third-order valence-corrected chi connectivity index (χ3v) is 5.35. The molecule has 0 unspecified atom stereocenters. The maximum Gasteiger partial charge on any atom is 0.414 e. The summed E-state index contributed by atoms with van der Waals surface area (Å²) >= 11 is 0. The molecule has 204 valence electrons. The van der Waals surface area contributed by atoms with E-state index >= 15 is 0 Å². The summed E-state index contributed by atoms with van der Waals surface area (Å²) in [6.45, 7) is 1.87. The molecule has 3 rings (SSSR count). The smallest absolute Gasteiger partial charge is 0.414 e. The van der Waals surface area contributed by atoms with Crippen LogP contribution in [0, 0.1) is 0 Å². The molecule has 2 atom stereocenters. The fourth-order valence-corrected chi connectivity index (χ4v) is 3.57. The third kappa shape index (κ3) is 8.99. The molecule has 0 aliphatic rings. The summed E-state index contributed by atoms with van der Waals surface area (Å²) in [7, 11) is 0. The Morgan fingerprint density at radius 3 is 2.46 bits per heavy atom. The number of hydrogen-bond donors (Lipinski definition) is 4. The van der Waals surface area contributed by atoms with Crippen LogP contribution < -0.4 is 21.1 Å². The van der Waals surface area contributed by atoms with Crippen molar-refractivity contribution in [3.05, 3.63) is 102 Å². The van der Waals surface area contributed by atoms with Crippen molar-refractivity contribution >= 4 is 29.3 Å². The highest BCUT2D eigenvalue weighted by Crippen LogP contribution is 2.28. The van der Waals surface area contributed by atoms with E-state index in [1.165, 1.54) is 12.2 Å². The first-order valence-electron chi connectivity index (χ1n) is 12.3. The van der Waals surface area contributed by atoms with Gasteiger partial charge in [-0.15, -0.1) is 0 Å². The lowest BCUT2D eigenvalue weighted by Gasteiger charge is -2.25. The highest BCUT2D eigenvalue weighted by molar-refractivity contribution is 6.03. The average Bonchev–Trinajstić information content (AvgIpc) is 2.95. The van der Waals surface area contributed by atoms with E-state index in [9.17, 15) is 14.4 Å². The van der Waals surface area contributed by atoms with Crippen molar-refractivity contribution in [1.82, 2.24) is 5.32 Å². The highest BCUT2D eigenvalue weighted by Gasteiger charge is 2.28. The second-order valence-corrected chi connectivity index (χ2v) is 8.15. The number of nitrogens with two attached hydrogens (primary N) is 1. The summed E-state index contributed by atoms with van der Waals surface area (Å²) in [5, 5.41) is 14.0. The Hall–Kier alpha value is -4.67. The number of benzene rings is 3. The van der Waals surface area contributed by atoms with Crippen LogP contribution in [-0.4, -0.2) is 48.9 Å². The maximum atomic E-state index is 12.8. The van der Waals surface area contributed by atoms with Crippen LogP contribution in [0.2, 0.25) is 0 Å². The predicted octanol–water partition coefficient (Wildman–Crippen LogP) is 3.85. The lowest BCUT2D eigenvalue weighted by molar-refractivity contribution is -0.112. The van der Waals surface area contributed by atoms with Gasteiger partial charge in [-0.1, -0.05) is 42.5 Å². The maximum absolute atomic E-state index is 12.8. The zero-order valence-corrected chi connectivity index (χ0v) is 21.4. The van der Waals surface area contributed by atoms with E-state index < -0.39 is 30.1 Å². The molecule has 0 aromatic heterocycles. The Bertz CT molecular complexity index is 1280. The molecule has 39 heavy (non-hydrogen) atoms. The van der Waals surface area contributed by atoms with Gasteiger partial charge in [-0.2, -0.15) is 0 Å². The monoisotopic (exact) mass is 533 g/mol. The standard InChI is InChI=1S/C29H31N3O7/c1-2-37-25(15-16-26(34)31-24-14-7-6-13-23(24)30)27(21-11-8-12-22(19-21)38-18-17-33)39-29(36)32-28(35)20-9-4-3-5-10-20/h3-16,19,25,27,33H,2,17-18,30H2,1H3,(H,31,34)(H,32,35,36)/b16-15+/t25-,27-/m1/s1. The molecule has 10 heteroatoms. The first kappa shape index (κ1) is 28.9. The van der Waals surface area contributed by atoms with Gasteiger partial charge in [-0.3, -0.25) is 14.9 Å². The number of imide groups is 1. The number of aliphatic hydroxyl groups excluding tert-OH is 1. The molecular weight excluding hydrogens is 502 g/mol. The average molecular weight is 534 g/mol. The van der Waals surface area contributed by atoms with Crippen molar-refractivity contribution in [3.63, 3.8) is 0 Å². The van der Waals surface area contributed by atoms with Gasteiger partial charge in [0.25, 0.3) is 5.91 Å². The van der Waals surface area contributed by atoms with E-state index in [-0.39, 0.29) is 25.4 Å². The number of amides is 3. The van der Waals surface area contributed by atoms with Gasteiger partial charge in [0.05, 0.1) is 18.0 Å². The van der Waals surface area contributed by atoms with Crippen molar-refractivity contribution in [2.45, 2.75) is 19.1 Å². The minimum absolute atomic E-state index is 0.0681. The van der Waals surface area contributed by atoms with Crippen LogP contribution in [0.5, 0.6) is 5.75 Å².